The van der Waals surface area contributed by atoms with Gasteiger partial charge in [-0.25, -0.2) is 4.99 Å². The number of rotatable bonds is 4. The van der Waals surface area contributed by atoms with Crippen LogP contribution in [0.5, 0.6) is 17.2 Å². The zero-order valence-electron chi connectivity index (χ0n) is 14.0. The van der Waals surface area contributed by atoms with Gasteiger partial charge >= 0.3 is 0 Å². The molecule has 0 saturated carbocycles. The Balaban J connectivity index is 0.00000225. The number of nitrogens with two attached hydrogens (primary N) is 1. The van der Waals surface area contributed by atoms with Crippen molar-refractivity contribution in [3.8, 4) is 17.2 Å². The molecule has 1 aliphatic heterocycles. The van der Waals surface area contributed by atoms with Crippen LogP contribution in [0.3, 0.4) is 0 Å². The average Bonchev–Trinajstić information content (AvgIpc) is 2.85. The van der Waals surface area contributed by atoms with Crippen LogP contribution < -0.4 is 25.3 Å². The van der Waals surface area contributed by atoms with E-state index in [9.17, 15) is 0 Å². The van der Waals surface area contributed by atoms with E-state index < -0.39 is 0 Å². The van der Waals surface area contributed by atoms with Gasteiger partial charge in [0.15, 0.2) is 17.5 Å². The van der Waals surface area contributed by atoms with Gasteiger partial charge in [-0.2, -0.15) is 0 Å². The maximum absolute atomic E-state index is 5.94. The lowest BCUT2D eigenvalue weighted by molar-refractivity contribution is 0.297. The predicted molar refractivity (Wildman–Crippen MR) is 109 cm³/mol. The van der Waals surface area contributed by atoms with Gasteiger partial charge in [0, 0.05) is 12.1 Å². The van der Waals surface area contributed by atoms with E-state index >= 15 is 0 Å². The molecule has 0 bridgehead atoms. The molecule has 2 aromatic rings. The number of hydrogen-bond donors (Lipinski definition) is 2. The Morgan fingerprint density at radius 2 is 1.84 bits per heavy atom. The number of guanidine groups is 1. The highest BCUT2D eigenvalue weighted by Crippen LogP contribution is 2.30. The van der Waals surface area contributed by atoms with Crippen molar-refractivity contribution in [3.63, 3.8) is 0 Å². The Labute approximate surface area is 164 Å². The summed E-state index contributed by atoms with van der Waals surface area (Å²) in [6, 6.07) is 13.3. The maximum Gasteiger partial charge on any atom is 0.193 e. The number of halogens is 1. The number of nitrogens with one attached hydrogen (secondary N) is 1. The van der Waals surface area contributed by atoms with Crippen LogP contribution in [0.25, 0.3) is 0 Å². The number of aliphatic imine (C=N–C) groups is 1. The van der Waals surface area contributed by atoms with Gasteiger partial charge in [0.05, 0.1) is 26.9 Å². The summed E-state index contributed by atoms with van der Waals surface area (Å²) >= 11 is 0. The van der Waals surface area contributed by atoms with E-state index in [4.69, 9.17) is 19.9 Å². The normalized spacial score (nSPS) is 13.4. The van der Waals surface area contributed by atoms with Crippen LogP contribution >= 0.6 is 24.0 Å². The van der Waals surface area contributed by atoms with Crippen molar-refractivity contribution in [2.24, 2.45) is 10.7 Å². The molecule has 2 aromatic carbocycles. The number of ether oxygens (including phenoxy) is 3. The van der Waals surface area contributed by atoms with Gasteiger partial charge in [-0.1, -0.05) is 6.07 Å². The van der Waals surface area contributed by atoms with Gasteiger partial charge in [-0.15, -0.1) is 24.0 Å². The minimum Gasteiger partial charge on any atom is -0.497 e. The molecule has 0 unspecified atom stereocenters. The topological polar surface area (TPSA) is 78.1 Å². The number of methoxy groups -OCH3 is 1. The summed E-state index contributed by atoms with van der Waals surface area (Å²) in [7, 11) is 1.63. The third kappa shape index (κ3) is 5.42. The largest absolute Gasteiger partial charge is 0.497 e. The van der Waals surface area contributed by atoms with Crippen LogP contribution in [0, 0.1) is 0 Å². The fourth-order valence-electron chi connectivity index (χ4n) is 2.34. The van der Waals surface area contributed by atoms with E-state index in [1.807, 2.05) is 42.5 Å². The minimum atomic E-state index is 0. The number of hydrogen-bond acceptors (Lipinski definition) is 4. The smallest absolute Gasteiger partial charge is 0.193 e. The highest BCUT2D eigenvalue weighted by Gasteiger charge is 2.10. The first-order chi connectivity index (χ1) is 11.7. The SMILES string of the molecule is COc1ccc(NC(N)=NCc2ccc3c(c2)OCCCO3)cc1.I. The molecule has 134 valence electrons. The first kappa shape index (κ1) is 19.2. The molecular weight excluding hydrogens is 433 g/mol. The second kappa shape index (κ2) is 9.36. The van der Waals surface area contributed by atoms with Crippen LogP contribution in [0.2, 0.25) is 0 Å². The van der Waals surface area contributed by atoms with Crippen LogP contribution in [0.1, 0.15) is 12.0 Å². The summed E-state index contributed by atoms with van der Waals surface area (Å²) in [4.78, 5) is 4.36. The van der Waals surface area contributed by atoms with E-state index in [0.717, 1.165) is 34.9 Å². The number of anilines is 1. The molecular formula is C18H22IN3O3. The van der Waals surface area contributed by atoms with Crippen molar-refractivity contribution in [2.45, 2.75) is 13.0 Å². The molecule has 25 heavy (non-hydrogen) atoms. The lowest BCUT2D eigenvalue weighted by Gasteiger charge is -2.09. The van der Waals surface area contributed by atoms with Crippen molar-refractivity contribution in [3.05, 3.63) is 48.0 Å². The van der Waals surface area contributed by atoms with Crippen LogP contribution in [-0.2, 0) is 6.54 Å². The molecule has 0 spiro atoms. The standard InChI is InChI=1S/C18H21N3O3.HI/c1-22-15-6-4-14(5-7-15)21-18(19)20-12-13-3-8-16-17(11-13)24-10-2-9-23-16;/h3-8,11H,2,9-10,12H2,1H3,(H3,19,20,21);1H. The van der Waals surface area contributed by atoms with Gasteiger partial charge in [-0.3, -0.25) is 0 Å². The molecule has 3 rings (SSSR count). The molecule has 7 heteroatoms. The highest BCUT2D eigenvalue weighted by molar-refractivity contribution is 14.0. The Morgan fingerprint density at radius 3 is 2.56 bits per heavy atom. The number of fused-ring (bicyclic) bond motifs is 1. The van der Waals surface area contributed by atoms with Gasteiger partial charge in [0.1, 0.15) is 5.75 Å². The van der Waals surface area contributed by atoms with Gasteiger partial charge in [0.25, 0.3) is 0 Å². The summed E-state index contributed by atoms with van der Waals surface area (Å²) in [5.41, 5.74) is 7.81. The van der Waals surface area contributed by atoms with E-state index in [-0.39, 0.29) is 24.0 Å². The third-order valence-corrected chi connectivity index (χ3v) is 3.61. The summed E-state index contributed by atoms with van der Waals surface area (Å²) in [6.07, 6.45) is 0.890. The number of benzene rings is 2. The second-order valence-electron chi connectivity index (χ2n) is 5.39. The van der Waals surface area contributed by atoms with Crippen LogP contribution in [-0.4, -0.2) is 26.3 Å². The summed E-state index contributed by atoms with van der Waals surface area (Å²) in [6.45, 7) is 1.82. The zero-order valence-corrected chi connectivity index (χ0v) is 16.4. The van der Waals surface area contributed by atoms with E-state index in [0.29, 0.717) is 25.7 Å². The van der Waals surface area contributed by atoms with Crippen molar-refractivity contribution in [1.29, 1.82) is 0 Å². The molecule has 0 amide bonds. The fourth-order valence-corrected chi connectivity index (χ4v) is 2.34. The third-order valence-electron chi connectivity index (χ3n) is 3.61. The Hall–Kier alpha value is -2.16. The Bertz CT molecular complexity index is 720. The van der Waals surface area contributed by atoms with Crippen molar-refractivity contribution in [1.82, 2.24) is 0 Å². The molecule has 3 N–H and O–H groups in total. The summed E-state index contributed by atoms with van der Waals surface area (Å²) in [5.74, 6) is 2.70. The molecule has 0 fully saturated rings. The first-order valence-electron chi connectivity index (χ1n) is 7.84. The molecule has 1 aliphatic rings. The van der Waals surface area contributed by atoms with Gasteiger partial charge < -0.3 is 25.3 Å². The van der Waals surface area contributed by atoms with Crippen molar-refractivity contribution >= 4 is 35.6 Å². The quantitative estimate of drug-likeness (QED) is 0.420. The summed E-state index contributed by atoms with van der Waals surface area (Å²) in [5, 5.41) is 3.05. The van der Waals surface area contributed by atoms with E-state index in [1.165, 1.54) is 0 Å². The second-order valence-corrected chi connectivity index (χ2v) is 5.39. The summed E-state index contributed by atoms with van der Waals surface area (Å²) < 4.78 is 16.4. The highest BCUT2D eigenvalue weighted by atomic mass is 127. The molecule has 0 saturated heterocycles. The molecule has 0 aromatic heterocycles. The van der Waals surface area contributed by atoms with E-state index in [2.05, 4.69) is 10.3 Å². The maximum atomic E-state index is 5.94. The van der Waals surface area contributed by atoms with Gasteiger partial charge in [0.2, 0.25) is 0 Å². The van der Waals surface area contributed by atoms with Gasteiger partial charge in [-0.05, 0) is 42.0 Å². The molecule has 0 atom stereocenters. The monoisotopic (exact) mass is 455 g/mol. The lowest BCUT2D eigenvalue weighted by atomic mass is 10.2. The average molecular weight is 455 g/mol. The molecule has 0 aliphatic carbocycles. The van der Waals surface area contributed by atoms with Crippen LogP contribution in [0.15, 0.2) is 47.5 Å². The van der Waals surface area contributed by atoms with E-state index in [1.54, 1.807) is 7.11 Å². The minimum absolute atomic E-state index is 0. The molecule has 6 nitrogen and oxygen atoms in total. The lowest BCUT2D eigenvalue weighted by Crippen LogP contribution is -2.22. The predicted octanol–water partition coefficient (Wildman–Crippen LogP) is 3.40. The molecule has 0 radical (unpaired) electrons. The zero-order chi connectivity index (χ0) is 16.8. The van der Waals surface area contributed by atoms with Crippen molar-refractivity contribution in [2.75, 3.05) is 25.6 Å². The first-order valence-corrected chi connectivity index (χ1v) is 7.84. The molecule has 1 heterocycles. The Kier molecular flexibility index (Phi) is 7.17. The van der Waals surface area contributed by atoms with Crippen LogP contribution in [0.4, 0.5) is 5.69 Å². The Morgan fingerprint density at radius 1 is 1.12 bits per heavy atom. The number of nitrogens with zero attached hydrogens (tertiary/aromatic N) is 1. The van der Waals surface area contributed by atoms with Crippen molar-refractivity contribution < 1.29 is 14.2 Å². The fraction of sp³-hybridized carbons (Fsp3) is 0.278.